The summed E-state index contributed by atoms with van der Waals surface area (Å²) in [6.07, 6.45) is -1.25. The molecule has 2 fully saturated rings. The average molecular weight is 692 g/mol. The second-order valence-electron chi connectivity index (χ2n) is 13.6. The first-order valence-electron chi connectivity index (χ1n) is 17.6. The lowest BCUT2D eigenvalue weighted by molar-refractivity contribution is -0.175. The van der Waals surface area contributed by atoms with Gasteiger partial charge in [-0.3, -0.25) is 0 Å². The highest BCUT2D eigenvalue weighted by molar-refractivity contribution is 7.44. The Hall–Kier alpha value is -4.45. The van der Waals surface area contributed by atoms with Crippen molar-refractivity contribution in [1.29, 1.82) is 0 Å². The minimum Gasteiger partial charge on any atom is -0.341 e. The topological polar surface area (TPSA) is 40.2 Å². The molecule has 0 aliphatic carbocycles. The summed E-state index contributed by atoms with van der Waals surface area (Å²) in [6, 6.07) is 63.0. The van der Waals surface area contributed by atoms with Gasteiger partial charge in [0.2, 0.25) is 0 Å². The molecule has 2 saturated heterocycles. The summed E-state index contributed by atoms with van der Waals surface area (Å²) in [6.45, 7) is 5.18. The van der Waals surface area contributed by atoms with Crippen molar-refractivity contribution in [2.75, 3.05) is 0 Å². The van der Waals surface area contributed by atoms with Gasteiger partial charge in [0.15, 0.2) is 17.0 Å². The fourth-order valence-corrected chi connectivity index (χ4v) is 9.49. The summed E-state index contributed by atoms with van der Waals surface area (Å²) in [5.41, 5.74) is 3.97. The van der Waals surface area contributed by atoms with Gasteiger partial charge in [0.1, 0.15) is 12.2 Å². The van der Waals surface area contributed by atoms with Crippen LogP contribution in [0.4, 0.5) is 0 Å². The number of nitrogens with zero attached hydrogens (tertiary/aromatic N) is 1. The van der Waals surface area contributed by atoms with E-state index in [1.54, 1.807) is 0 Å². The lowest BCUT2D eigenvalue weighted by atomic mass is 9.72. The van der Waals surface area contributed by atoms with Crippen LogP contribution in [0.5, 0.6) is 0 Å². The SMILES string of the molecule is CC1(C)O[C@@H]2[C@@H](O1)C(c1ccccc1)(c1ccccc1)OP(N(Cc1ccccc1)Cc1ccccc1)OC2(c1ccccc1)c1ccccc1. The van der Waals surface area contributed by atoms with E-state index < -0.39 is 37.7 Å². The fraction of sp³-hybridized carbons (Fsp3) is 0.200. The molecule has 2 heterocycles. The van der Waals surface area contributed by atoms with E-state index in [0.29, 0.717) is 13.1 Å². The Morgan fingerprint density at radius 2 is 0.706 bits per heavy atom. The molecule has 2 aliphatic heterocycles. The molecule has 0 spiro atoms. The molecule has 51 heavy (non-hydrogen) atoms. The van der Waals surface area contributed by atoms with Crippen molar-refractivity contribution in [3.63, 3.8) is 0 Å². The van der Waals surface area contributed by atoms with E-state index in [9.17, 15) is 0 Å². The van der Waals surface area contributed by atoms with Gasteiger partial charge < -0.3 is 18.5 Å². The van der Waals surface area contributed by atoms with Crippen molar-refractivity contribution in [2.45, 2.75) is 56.1 Å². The standard InChI is InChI=1S/C45H42NO4P/c1-43(2)47-41-42(48-43)45(39-29-17-7-18-30-39,40-31-19-8-20-32-40)50-51(46(33-35-21-9-3-10-22-35)34-36-23-11-4-12-24-36)49-44(41,37-25-13-5-14-26-37)38-27-15-6-16-28-38/h3-32,41-42H,33-34H2,1-2H3/t41-,42-/m1/s1. The molecule has 256 valence electrons. The molecule has 5 nitrogen and oxygen atoms in total. The second-order valence-corrected chi connectivity index (χ2v) is 15.0. The monoisotopic (exact) mass is 691 g/mol. The summed E-state index contributed by atoms with van der Waals surface area (Å²) in [5, 5.41) is 0. The highest BCUT2D eigenvalue weighted by Gasteiger charge is 2.67. The molecule has 0 amide bonds. The van der Waals surface area contributed by atoms with Crippen LogP contribution >= 0.6 is 8.53 Å². The van der Waals surface area contributed by atoms with E-state index in [0.717, 1.165) is 33.4 Å². The molecular formula is C45H42NO4P. The van der Waals surface area contributed by atoms with Crippen molar-refractivity contribution >= 4 is 8.53 Å². The zero-order valence-corrected chi connectivity index (χ0v) is 29.8. The maximum atomic E-state index is 7.85. The molecule has 2 atom stereocenters. The molecular weight excluding hydrogens is 649 g/mol. The first-order valence-corrected chi connectivity index (χ1v) is 18.7. The Labute approximate surface area is 302 Å². The number of benzene rings is 6. The Balaban J connectivity index is 1.44. The molecule has 0 bridgehead atoms. The Morgan fingerprint density at radius 1 is 0.431 bits per heavy atom. The molecule has 0 N–H and O–H groups in total. The molecule has 8 rings (SSSR count). The third-order valence-electron chi connectivity index (χ3n) is 9.80. The molecule has 0 radical (unpaired) electrons. The normalized spacial score (nSPS) is 20.8. The number of fused-ring (bicyclic) bond motifs is 1. The highest BCUT2D eigenvalue weighted by atomic mass is 31.2. The summed E-state index contributed by atoms with van der Waals surface area (Å²) in [7, 11) is -1.86. The fourth-order valence-electron chi connectivity index (χ4n) is 7.54. The van der Waals surface area contributed by atoms with Crippen LogP contribution in [0.1, 0.15) is 47.2 Å². The lowest BCUT2D eigenvalue weighted by Gasteiger charge is -2.41. The van der Waals surface area contributed by atoms with Gasteiger partial charge >= 0.3 is 0 Å². The number of hydrogen-bond acceptors (Lipinski definition) is 5. The van der Waals surface area contributed by atoms with E-state index >= 15 is 0 Å². The van der Waals surface area contributed by atoms with E-state index in [-0.39, 0.29) is 0 Å². The van der Waals surface area contributed by atoms with Crippen LogP contribution in [0, 0.1) is 0 Å². The lowest BCUT2D eigenvalue weighted by Crippen LogP contribution is -2.53. The van der Waals surface area contributed by atoms with Gasteiger partial charge in [0, 0.05) is 13.1 Å². The molecule has 6 aromatic rings. The Morgan fingerprint density at radius 3 is 1.00 bits per heavy atom. The summed E-state index contributed by atoms with van der Waals surface area (Å²) >= 11 is 0. The largest absolute Gasteiger partial charge is 0.341 e. The Kier molecular flexibility index (Phi) is 9.43. The van der Waals surface area contributed by atoms with Crippen molar-refractivity contribution in [3.8, 4) is 0 Å². The van der Waals surface area contributed by atoms with E-state index in [4.69, 9.17) is 18.5 Å². The van der Waals surface area contributed by atoms with Gasteiger partial charge in [0.05, 0.1) is 0 Å². The number of ether oxygens (including phenoxy) is 2. The third kappa shape index (κ3) is 6.47. The molecule has 0 unspecified atom stereocenters. The van der Waals surface area contributed by atoms with Crippen LogP contribution in [0.15, 0.2) is 182 Å². The van der Waals surface area contributed by atoms with Crippen LogP contribution < -0.4 is 0 Å². The Bertz CT molecular complexity index is 1770. The summed E-state index contributed by atoms with van der Waals surface area (Å²) in [4.78, 5) is 0. The predicted molar refractivity (Wildman–Crippen MR) is 202 cm³/mol. The molecule has 6 aromatic carbocycles. The number of hydrogen-bond donors (Lipinski definition) is 0. The van der Waals surface area contributed by atoms with E-state index in [2.05, 4.69) is 162 Å². The number of rotatable bonds is 9. The van der Waals surface area contributed by atoms with Crippen molar-refractivity contribution in [3.05, 3.63) is 215 Å². The third-order valence-corrected chi connectivity index (χ3v) is 11.4. The molecule has 0 aromatic heterocycles. The zero-order valence-electron chi connectivity index (χ0n) is 28.9. The van der Waals surface area contributed by atoms with Crippen LogP contribution in [0.25, 0.3) is 0 Å². The second kappa shape index (κ2) is 14.3. The predicted octanol–water partition coefficient (Wildman–Crippen LogP) is 10.4. The van der Waals surface area contributed by atoms with Crippen molar-refractivity contribution in [2.24, 2.45) is 0 Å². The molecule has 2 aliphatic rings. The first kappa shape index (κ1) is 33.7. The van der Waals surface area contributed by atoms with Crippen LogP contribution in [-0.4, -0.2) is 22.7 Å². The minimum absolute atomic E-state index is 0.600. The maximum absolute atomic E-state index is 7.85. The molecule has 0 saturated carbocycles. The van der Waals surface area contributed by atoms with Gasteiger partial charge in [-0.05, 0) is 47.2 Å². The van der Waals surface area contributed by atoms with E-state index in [1.165, 1.54) is 0 Å². The van der Waals surface area contributed by atoms with Crippen LogP contribution in [0.3, 0.4) is 0 Å². The summed E-state index contributed by atoms with van der Waals surface area (Å²) < 4.78 is 32.4. The van der Waals surface area contributed by atoms with Gasteiger partial charge in [-0.15, -0.1) is 0 Å². The van der Waals surface area contributed by atoms with Crippen LogP contribution in [0.2, 0.25) is 0 Å². The average Bonchev–Trinajstić information content (AvgIpc) is 3.46. The van der Waals surface area contributed by atoms with Gasteiger partial charge in [-0.2, -0.15) is 0 Å². The van der Waals surface area contributed by atoms with Gasteiger partial charge in [0.25, 0.3) is 8.53 Å². The smallest absolute Gasteiger partial charge is 0.262 e. The van der Waals surface area contributed by atoms with Crippen LogP contribution in [-0.2, 0) is 42.8 Å². The quantitative estimate of drug-likeness (QED) is 0.141. The zero-order chi connectivity index (χ0) is 34.7. The van der Waals surface area contributed by atoms with Gasteiger partial charge in [-0.1, -0.05) is 182 Å². The van der Waals surface area contributed by atoms with Crippen molar-refractivity contribution < 1.29 is 18.5 Å². The van der Waals surface area contributed by atoms with Crippen molar-refractivity contribution in [1.82, 2.24) is 4.67 Å². The summed E-state index contributed by atoms with van der Waals surface area (Å²) in [5.74, 6) is -0.945. The first-order chi connectivity index (χ1) is 25.0. The van der Waals surface area contributed by atoms with Gasteiger partial charge in [-0.25, -0.2) is 4.67 Å². The van der Waals surface area contributed by atoms with E-state index in [1.807, 2.05) is 38.1 Å². The highest BCUT2D eigenvalue weighted by Crippen LogP contribution is 2.66. The minimum atomic E-state index is -1.86. The molecule has 6 heteroatoms. The maximum Gasteiger partial charge on any atom is 0.262 e.